The van der Waals surface area contributed by atoms with E-state index in [9.17, 15) is 9.59 Å². The van der Waals surface area contributed by atoms with Crippen LogP contribution in [0.5, 0.6) is 5.75 Å². The average Bonchev–Trinajstić information content (AvgIpc) is 2.59. The third kappa shape index (κ3) is 4.51. The molecule has 0 aliphatic carbocycles. The molecule has 0 saturated carbocycles. The molecule has 0 N–H and O–H groups in total. The number of rotatable bonds is 4. The summed E-state index contributed by atoms with van der Waals surface area (Å²) in [6.45, 7) is 1.83. The Morgan fingerprint density at radius 3 is 2.41 bits per heavy atom. The average molecular weight is 364 g/mol. The van der Waals surface area contributed by atoms with Crippen molar-refractivity contribution in [3.63, 3.8) is 0 Å². The van der Waals surface area contributed by atoms with E-state index in [4.69, 9.17) is 9.15 Å². The molecule has 5 heteroatoms. The monoisotopic (exact) mass is 364 g/mol. The Bertz CT molecular complexity index is 1070. The van der Waals surface area contributed by atoms with Gasteiger partial charge in [0.1, 0.15) is 17.0 Å². The van der Waals surface area contributed by atoms with E-state index < -0.39 is 11.6 Å². The van der Waals surface area contributed by atoms with Gasteiger partial charge in [0, 0.05) is 23.6 Å². The SMILES string of the molecule is Cc1cc(=O)oc2cc(OC(=O)/C=C/c3ccc([N+](C)(C)C)cc3)ccc12. The number of benzene rings is 2. The molecular formula is C22H22NO4+. The predicted molar refractivity (Wildman–Crippen MR) is 108 cm³/mol. The Balaban J connectivity index is 1.73. The first-order valence-electron chi connectivity index (χ1n) is 8.59. The molecule has 0 fully saturated rings. The topological polar surface area (TPSA) is 56.5 Å². The smallest absolute Gasteiger partial charge is 0.336 e. The fraction of sp³-hybridized carbons (Fsp3) is 0.182. The summed E-state index contributed by atoms with van der Waals surface area (Å²) in [7, 11) is 6.28. The zero-order valence-corrected chi connectivity index (χ0v) is 15.9. The molecule has 5 nitrogen and oxygen atoms in total. The molecule has 1 aromatic heterocycles. The molecule has 0 amide bonds. The van der Waals surface area contributed by atoms with E-state index in [1.807, 2.05) is 31.2 Å². The molecule has 138 valence electrons. The van der Waals surface area contributed by atoms with Crippen molar-refractivity contribution in [3.05, 3.63) is 76.2 Å². The maximum Gasteiger partial charge on any atom is 0.336 e. The highest BCUT2D eigenvalue weighted by Gasteiger charge is 2.11. The minimum absolute atomic E-state index is 0.325. The molecule has 0 bridgehead atoms. The number of fused-ring (bicyclic) bond motifs is 1. The maximum atomic E-state index is 12.1. The first-order chi connectivity index (χ1) is 12.7. The normalized spacial score (nSPS) is 11.9. The van der Waals surface area contributed by atoms with Crippen molar-refractivity contribution < 1.29 is 13.9 Å². The summed E-state index contributed by atoms with van der Waals surface area (Å²) >= 11 is 0. The van der Waals surface area contributed by atoms with Crippen LogP contribution in [-0.4, -0.2) is 27.1 Å². The lowest BCUT2D eigenvalue weighted by Gasteiger charge is -2.23. The van der Waals surface area contributed by atoms with Gasteiger partial charge in [-0.25, -0.2) is 9.59 Å². The summed E-state index contributed by atoms with van der Waals surface area (Å²) in [5.74, 6) is -0.175. The minimum atomic E-state index is -0.500. The third-order valence-electron chi connectivity index (χ3n) is 4.22. The number of carbonyl (C=O) groups excluding carboxylic acids is 1. The van der Waals surface area contributed by atoms with Gasteiger partial charge in [0.15, 0.2) is 0 Å². The van der Waals surface area contributed by atoms with Crippen LogP contribution < -0.4 is 14.8 Å². The van der Waals surface area contributed by atoms with Gasteiger partial charge in [0.05, 0.1) is 21.1 Å². The minimum Gasteiger partial charge on any atom is -0.423 e. The molecule has 3 rings (SSSR count). The molecule has 0 aliphatic heterocycles. The fourth-order valence-corrected chi connectivity index (χ4v) is 2.72. The summed E-state index contributed by atoms with van der Waals surface area (Å²) in [5.41, 5.74) is 2.86. The molecule has 2 aromatic carbocycles. The van der Waals surface area contributed by atoms with E-state index in [-0.39, 0.29) is 0 Å². The van der Waals surface area contributed by atoms with Gasteiger partial charge in [-0.1, -0.05) is 0 Å². The van der Waals surface area contributed by atoms with Crippen LogP contribution in [-0.2, 0) is 4.79 Å². The van der Waals surface area contributed by atoms with Gasteiger partial charge in [-0.05, 0) is 60.5 Å². The molecule has 0 spiro atoms. The molecule has 27 heavy (non-hydrogen) atoms. The number of esters is 1. The number of quaternary nitrogens is 1. The highest BCUT2D eigenvalue weighted by atomic mass is 16.5. The maximum absolute atomic E-state index is 12.1. The number of hydrogen-bond donors (Lipinski definition) is 0. The van der Waals surface area contributed by atoms with Crippen molar-refractivity contribution in [1.29, 1.82) is 0 Å². The molecule has 0 aliphatic rings. The fourth-order valence-electron chi connectivity index (χ4n) is 2.72. The molecule has 3 aromatic rings. The second-order valence-electron chi connectivity index (χ2n) is 7.26. The van der Waals surface area contributed by atoms with Gasteiger partial charge < -0.3 is 9.15 Å². The van der Waals surface area contributed by atoms with Gasteiger partial charge in [-0.2, -0.15) is 0 Å². The van der Waals surface area contributed by atoms with Crippen LogP contribution in [0.2, 0.25) is 0 Å². The first-order valence-corrected chi connectivity index (χ1v) is 8.59. The van der Waals surface area contributed by atoms with E-state index in [1.54, 1.807) is 24.3 Å². The predicted octanol–water partition coefficient (Wildman–Crippen LogP) is 3.92. The highest BCUT2D eigenvalue weighted by molar-refractivity contribution is 5.89. The second-order valence-corrected chi connectivity index (χ2v) is 7.26. The lowest BCUT2D eigenvalue weighted by Crippen LogP contribution is -2.34. The van der Waals surface area contributed by atoms with E-state index in [1.165, 1.54) is 17.8 Å². The van der Waals surface area contributed by atoms with Crippen LogP contribution in [0.15, 0.2) is 63.8 Å². The summed E-state index contributed by atoms with van der Waals surface area (Å²) in [5, 5.41) is 0.808. The Morgan fingerprint density at radius 2 is 1.74 bits per heavy atom. The summed E-state index contributed by atoms with van der Waals surface area (Å²) in [4.78, 5) is 23.6. The van der Waals surface area contributed by atoms with Crippen LogP contribution >= 0.6 is 0 Å². The van der Waals surface area contributed by atoms with E-state index in [0.717, 1.165) is 21.0 Å². The number of aryl methyl sites for hydroxylation is 1. The van der Waals surface area contributed by atoms with Crippen LogP contribution in [0.3, 0.4) is 0 Å². The Morgan fingerprint density at radius 1 is 1.04 bits per heavy atom. The zero-order valence-electron chi connectivity index (χ0n) is 15.9. The Kier molecular flexibility index (Phi) is 4.97. The number of carbonyl (C=O) groups is 1. The van der Waals surface area contributed by atoms with Crippen molar-refractivity contribution in [1.82, 2.24) is 4.48 Å². The van der Waals surface area contributed by atoms with Crippen molar-refractivity contribution >= 4 is 28.7 Å². The van der Waals surface area contributed by atoms with E-state index in [2.05, 4.69) is 21.1 Å². The second kappa shape index (κ2) is 7.21. The largest absolute Gasteiger partial charge is 0.423 e. The van der Waals surface area contributed by atoms with Crippen LogP contribution in [0.25, 0.3) is 17.0 Å². The van der Waals surface area contributed by atoms with Crippen molar-refractivity contribution in [2.75, 3.05) is 21.1 Å². The molecular weight excluding hydrogens is 342 g/mol. The summed E-state index contributed by atoms with van der Waals surface area (Å²) in [6.07, 6.45) is 3.07. The van der Waals surface area contributed by atoms with Crippen molar-refractivity contribution in [2.45, 2.75) is 6.92 Å². The van der Waals surface area contributed by atoms with Crippen LogP contribution in [0, 0.1) is 6.92 Å². The third-order valence-corrected chi connectivity index (χ3v) is 4.22. The molecule has 0 unspecified atom stereocenters. The first kappa shape index (κ1) is 18.6. The number of nitrogens with zero attached hydrogens (tertiary/aromatic N) is 1. The molecule has 0 radical (unpaired) electrons. The summed E-state index contributed by atoms with van der Waals surface area (Å²) in [6, 6.07) is 14.4. The van der Waals surface area contributed by atoms with Gasteiger partial charge in [0.25, 0.3) is 0 Å². The van der Waals surface area contributed by atoms with Crippen LogP contribution in [0.1, 0.15) is 11.1 Å². The Labute approximate surface area is 157 Å². The van der Waals surface area contributed by atoms with Gasteiger partial charge >= 0.3 is 11.6 Å². The van der Waals surface area contributed by atoms with Gasteiger partial charge in [-0.3, -0.25) is 4.48 Å². The highest BCUT2D eigenvalue weighted by Crippen LogP contribution is 2.22. The van der Waals surface area contributed by atoms with Crippen LogP contribution in [0.4, 0.5) is 5.69 Å². The zero-order chi connectivity index (χ0) is 19.6. The Hall–Kier alpha value is -3.18. The number of ether oxygens (including phenoxy) is 1. The van der Waals surface area contributed by atoms with Crippen molar-refractivity contribution in [2.24, 2.45) is 0 Å². The lowest BCUT2D eigenvalue weighted by atomic mass is 10.1. The van der Waals surface area contributed by atoms with Gasteiger partial charge in [0.2, 0.25) is 0 Å². The number of hydrogen-bond acceptors (Lipinski definition) is 4. The van der Waals surface area contributed by atoms with Crippen molar-refractivity contribution in [3.8, 4) is 5.75 Å². The summed E-state index contributed by atoms with van der Waals surface area (Å²) < 4.78 is 11.2. The van der Waals surface area contributed by atoms with E-state index >= 15 is 0 Å². The quantitative estimate of drug-likeness (QED) is 0.231. The standard InChI is InChI=1S/C22H22NO4/c1-15-13-22(25)27-20-14-18(10-11-19(15)20)26-21(24)12-7-16-5-8-17(9-6-16)23(2,3)4/h5-14H,1-4H3/q+1/b12-7+. The van der Waals surface area contributed by atoms with E-state index in [0.29, 0.717) is 11.3 Å². The lowest BCUT2D eigenvalue weighted by molar-refractivity contribution is -0.128. The molecule has 1 heterocycles. The molecule has 0 saturated heterocycles. The molecule has 0 atom stereocenters. The van der Waals surface area contributed by atoms with Gasteiger partial charge in [-0.15, -0.1) is 0 Å².